The van der Waals surface area contributed by atoms with Gasteiger partial charge in [0.05, 0.1) is 13.2 Å². The van der Waals surface area contributed by atoms with E-state index in [0.717, 1.165) is 56.4 Å². The molecule has 1 fully saturated rings. The number of hydrogen-bond acceptors (Lipinski definition) is 3. The SMILES string of the molecule is COc1ccc(CN(C[C@H]2CC=CCC2)C(=S)NC[C@@H]2CCCO2)cc1. The highest BCUT2D eigenvalue weighted by molar-refractivity contribution is 7.80. The molecule has 1 aromatic rings. The summed E-state index contributed by atoms with van der Waals surface area (Å²) in [6, 6.07) is 8.27. The maximum atomic E-state index is 5.74. The second-order valence-corrected chi connectivity index (χ2v) is 7.59. The normalized spacial score (nSPS) is 22.2. The van der Waals surface area contributed by atoms with E-state index in [0.29, 0.717) is 12.0 Å². The quantitative estimate of drug-likeness (QED) is 0.578. The molecule has 4 nitrogen and oxygen atoms in total. The van der Waals surface area contributed by atoms with E-state index >= 15 is 0 Å². The van der Waals surface area contributed by atoms with Gasteiger partial charge in [-0.25, -0.2) is 0 Å². The second-order valence-electron chi connectivity index (χ2n) is 7.20. The van der Waals surface area contributed by atoms with E-state index < -0.39 is 0 Å². The van der Waals surface area contributed by atoms with Crippen LogP contribution in [0.25, 0.3) is 0 Å². The number of ether oxygens (including phenoxy) is 2. The molecule has 0 aromatic heterocycles. The summed E-state index contributed by atoms with van der Waals surface area (Å²) in [6.07, 6.45) is 10.7. The van der Waals surface area contributed by atoms with Crippen LogP contribution in [-0.4, -0.2) is 42.9 Å². The van der Waals surface area contributed by atoms with Gasteiger partial charge in [-0.05, 0) is 67.9 Å². The molecule has 1 aliphatic carbocycles. The summed E-state index contributed by atoms with van der Waals surface area (Å²) in [6.45, 7) is 3.50. The first kappa shape index (κ1) is 19.2. The van der Waals surface area contributed by atoms with Crippen molar-refractivity contribution in [1.82, 2.24) is 10.2 Å². The Morgan fingerprint density at radius 1 is 1.27 bits per heavy atom. The molecule has 142 valence electrons. The van der Waals surface area contributed by atoms with E-state index in [1.807, 2.05) is 12.1 Å². The van der Waals surface area contributed by atoms with Crippen molar-refractivity contribution in [2.24, 2.45) is 5.92 Å². The van der Waals surface area contributed by atoms with Crippen molar-refractivity contribution in [2.75, 3.05) is 26.8 Å². The van der Waals surface area contributed by atoms with Gasteiger partial charge in [-0.15, -0.1) is 0 Å². The van der Waals surface area contributed by atoms with Gasteiger partial charge < -0.3 is 19.7 Å². The van der Waals surface area contributed by atoms with Crippen molar-refractivity contribution in [2.45, 2.75) is 44.8 Å². The first-order valence-electron chi connectivity index (χ1n) is 9.67. The van der Waals surface area contributed by atoms with Gasteiger partial charge in [0, 0.05) is 26.2 Å². The summed E-state index contributed by atoms with van der Waals surface area (Å²) in [5.41, 5.74) is 1.25. The molecule has 1 aliphatic heterocycles. The summed E-state index contributed by atoms with van der Waals surface area (Å²) in [4.78, 5) is 2.32. The van der Waals surface area contributed by atoms with Crippen LogP contribution < -0.4 is 10.1 Å². The molecule has 2 aliphatic rings. The van der Waals surface area contributed by atoms with Crippen LogP contribution in [0, 0.1) is 5.92 Å². The van der Waals surface area contributed by atoms with E-state index in [4.69, 9.17) is 21.7 Å². The van der Waals surface area contributed by atoms with Crippen molar-refractivity contribution in [1.29, 1.82) is 0 Å². The van der Waals surface area contributed by atoms with Crippen LogP contribution in [0.15, 0.2) is 36.4 Å². The Hall–Kier alpha value is -1.59. The number of nitrogens with zero attached hydrogens (tertiary/aromatic N) is 1. The van der Waals surface area contributed by atoms with Crippen molar-refractivity contribution in [3.05, 3.63) is 42.0 Å². The molecule has 1 N–H and O–H groups in total. The molecule has 2 atom stereocenters. The fourth-order valence-electron chi connectivity index (χ4n) is 3.62. The van der Waals surface area contributed by atoms with E-state index in [1.54, 1.807) is 7.11 Å². The van der Waals surface area contributed by atoms with E-state index in [-0.39, 0.29) is 0 Å². The Morgan fingerprint density at radius 2 is 2.12 bits per heavy atom. The molecular formula is C21H30N2O2S. The largest absolute Gasteiger partial charge is 0.497 e. The summed E-state index contributed by atoms with van der Waals surface area (Å²) >= 11 is 5.74. The molecular weight excluding hydrogens is 344 g/mol. The summed E-state index contributed by atoms with van der Waals surface area (Å²) < 4.78 is 11.0. The van der Waals surface area contributed by atoms with Gasteiger partial charge >= 0.3 is 0 Å². The molecule has 1 heterocycles. The molecule has 0 radical (unpaired) electrons. The monoisotopic (exact) mass is 374 g/mol. The minimum Gasteiger partial charge on any atom is -0.497 e. The number of thiocarbonyl (C=S) groups is 1. The lowest BCUT2D eigenvalue weighted by Crippen LogP contribution is -2.44. The summed E-state index contributed by atoms with van der Waals surface area (Å²) in [5, 5.41) is 4.29. The summed E-state index contributed by atoms with van der Waals surface area (Å²) in [5.74, 6) is 1.55. The Morgan fingerprint density at radius 3 is 2.77 bits per heavy atom. The average Bonchev–Trinajstić information content (AvgIpc) is 3.20. The Labute approximate surface area is 162 Å². The smallest absolute Gasteiger partial charge is 0.169 e. The maximum absolute atomic E-state index is 5.74. The van der Waals surface area contributed by atoms with Crippen LogP contribution in [0.1, 0.15) is 37.7 Å². The summed E-state index contributed by atoms with van der Waals surface area (Å²) in [7, 11) is 1.70. The van der Waals surface area contributed by atoms with Crippen LogP contribution in [0.3, 0.4) is 0 Å². The number of allylic oxidation sites excluding steroid dienone is 2. The Bertz CT molecular complexity index is 597. The van der Waals surface area contributed by atoms with Gasteiger partial charge in [-0.3, -0.25) is 0 Å². The Kier molecular flexibility index (Phi) is 7.32. The fourth-order valence-corrected chi connectivity index (χ4v) is 3.85. The molecule has 5 heteroatoms. The van der Waals surface area contributed by atoms with E-state index in [1.165, 1.54) is 18.4 Å². The van der Waals surface area contributed by atoms with E-state index in [9.17, 15) is 0 Å². The third kappa shape index (κ3) is 5.71. The molecule has 0 unspecified atom stereocenters. The zero-order valence-electron chi connectivity index (χ0n) is 15.7. The molecule has 1 saturated heterocycles. The van der Waals surface area contributed by atoms with Crippen molar-refractivity contribution >= 4 is 17.3 Å². The van der Waals surface area contributed by atoms with Crippen molar-refractivity contribution in [3.8, 4) is 5.75 Å². The topological polar surface area (TPSA) is 33.7 Å². The zero-order valence-corrected chi connectivity index (χ0v) is 16.5. The number of rotatable bonds is 7. The van der Waals surface area contributed by atoms with Crippen LogP contribution in [0.2, 0.25) is 0 Å². The minimum atomic E-state index is 0.299. The lowest BCUT2D eigenvalue weighted by Gasteiger charge is -2.31. The predicted octanol–water partition coefficient (Wildman–Crippen LogP) is 3.91. The lowest BCUT2D eigenvalue weighted by molar-refractivity contribution is 0.113. The molecule has 3 rings (SSSR count). The van der Waals surface area contributed by atoms with Crippen molar-refractivity contribution < 1.29 is 9.47 Å². The number of hydrogen-bond donors (Lipinski definition) is 1. The Balaban J connectivity index is 1.60. The van der Waals surface area contributed by atoms with Gasteiger partial charge in [-0.2, -0.15) is 0 Å². The van der Waals surface area contributed by atoms with Gasteiger partial charge in [0.15, 0.2) is 5.11 Å². The van der Waals surface area contributed by atoms with Gasteiger partial charge in [-0.1, -0.05) is 24.3 Å². The average molecular weight is 375 g/mol. The number of methoxy groups -OCH3 is 1. The maximum Gasteiger partial charge on any atom is 0.169 e. The third-order valence-corrected chi connectivity index (χ3v) is 5.58. The van der Waals surface area contributed by atoms with Gasteiger partial charge in [0.25, 0.3) is 0 Å². The fraction of sp³-hybridized carbons (Fsp3) is 0.571. The van der Waals surface area contributed by atoms with Crippen LogP contribution in [-0.2, 0) is 11.3 Å². The first-order chi connectivity index (χ1) is 12.7. The predicted molar refractivity (Wildman–Crippen MR) is 109 cm³/mol. The highest BCUT2D eigenvalue weighted by Crippen LogP contribution is 2.21. The standard InChI is InChI=1S/C21H30N2O2S/c1-24-19-11-9-18(10-12-19)16-23(15-17-6-3-2-4-7-17)21(26)22-14-20-8-5-13-25-20/h2-3,9-12,17,20H,4-8,13-16H2,1H3,(H,22,26)/t17-,20-/m0/s1. The van der Waals surface area contributed by atoms with Gasteiger partial charge in [0.2, 0.25) is 0 Å². The first-order valence-corrected chi connectivity index (χ1v) is 10.1. The van der Waals surface area contributed by atoms with Crippen molar-refractivity contribution in [3.63, 3.8) is 0 Å². The highest BCUT2D eigenvalue weighted by atomic mass is 32.1. The molecule has 0 spiro atoms. The van der Waals surface area contributed by atoms with Crippen LogP contribution in [0.4, 0.5) is 0 Å². The zero-order chi connectivity index (χ0) is 18.2. The lowest BCUT2D eigenvalue weighted by atomic mass is 9.94. The van der Waals surface area contributed by atoms with Gasteiger partial charge in [0.1, 0.15) is 5.75 Å². The third-order valence-electron chi connectivity index (χ3n) is 5.18. The molecule has 0 amide bonds. The second kappa shape index (κ2) is 9.93. The number of nitrogens with one attached hydrogen (secondary N) is 1. The van der Waals surface area contributed by atoms with E-state index in [2.05, 4.69) is 34.5 Å². The molecule has 26 heavy (non-hydrogen) atoms. The molecule has 1 aromatic carbocycles. The molecule has 0 bridgehead atoms. The minimum absolute atomic E-state index is 0.299. The molecule has 0 saturated carbocycles. The van der Waals surface area contributed by atoms with Crippen LogP contribution in [0.5, 0.6) is 5.75 Å². The number of benzene rings is 1. The van der Waals surface area contributed by atoms with Crippen LogP contribution >= 0.6 is 12.2 Å². The highest BCUT2D eigenvalue weighted by Gasteiger charge is 2.20.